The van der Waals surface area contributed by atoms with Crippen LogP contribution in [0, 0.1) is 0 Å². The van der Waals surface area contributed by atoms with Crippen LogP contribution in [0.2, 0.25) is 0 Å². The Balaban J connectivity index is -0.000000266. The van der Waals surface area contributed by atoms with E-state index >= 15 is 0 Å². The number of carbonyl (C=O) groups is 4. The van der Waals surface area contributed by atoms with E-state index in [9.17, 15) is 19.2 Å². The van der Waals surface area contributed by atoms with Gasteiger partial charge in [0.1, 0.15) is 0 Å². The molecular weight excluding hydrogens is 304 g/mol. The Kier molecular flexibility index (Phi) is 16.2. The first-order chi connectivity index (χ1) is 9.99. The number of rotatable bonds is 7. The molecule has 0 spiro atoms. The fraction of sp³-hybridized carbons (Fsp3) is 0.333. The molecule has 0 aromatic carbocycles. The van der Waals surface area contributed by atoms with Gasteiger partial charge in [0, 0.05) is 11.1 Å². The number of aliphatic hydroxyl groups excluding tert-OH is 2. The highest BCUT2D eigenvalue weighted by molar-refractivity contribution is 5.91. The molecule has 22 heavy (non-hydrogen) atoms. The van der Waals surface area contributed by atoms with E-state index in [1.54, 1.807) is 0 Å². The molecular formula is C12H18O10. The van der Waals surface area contributed by atoms with Crippen LogP contribution in [0.5, 0.6) is 0 Å². The topological polar surface area (TPSA) is 190 Å². The lowest BCUT2D eigenvalue weighted by molar-refractivity contribution is -0.139. The van der Waals surface area contributed by atoms with Gasteiger partial charge in [0.15, 0.2) is 0 Å². The fourth-order valence-corrected chi connectivity index (χ4v) is 0.516. The zero-order valence-electron chi connectivity index (χ0n) is 11.6. The Bertz CT molecular complexity index is 384. The molecule has 0 rings (SSSR count). The van der Waals surface area contributed by atoms with Crippen molar-refractivity contribution in [3.05, 3.63) is 24.3 Å². The third-order valence-electron chi connectivity index (χ3n) is 1.43. The highest BCUT2D eigenvalue weighted by Crippen LogP contribution is 1.96. The molecule has 6 N–H and O–H groups in total. The third-order valence-corrected chi connectivity index (χ3v) is 1.43. The molecule has 0 heterocycles. The molecule has 10 heteroatoms. The van der Waals surface area contributed by atoms with Gasteiger partial charge in [-0.1, -0.05) is 13.2 Å². The fourth-order valence-electron chi connectivity index (χ4n) is 0.516. The number of carboxylic acids is 4. The maximum absolute atomic E-state index is 9.87. The van der Waals surface area contributed by atoms with Gasteiger partial charge in [0.2, 0.25) is 0 Å². The SMILES string of the molecule is C=C(CC(=O)O)C(=O)O.C=C(CC(=O)O)C(=O)O.OCCO. The van der Waals surface area contributed by atoms with Gasteiger partial charge >= 0.3 is 23.9 Å². The summed E-state index contributed by atoms with van der Waals surface area (Å²) in [6.45, 7) is 5.78. The molecule has 0 aliphatic heterocycles. The predicted octanol–water partition coefficient (Wildman–Crippen LogP) is -0.825. The van der Waals surface area contributed by atoms with Gasteiger partial charge in [-0.25, -0.2) is 9.59 Å². The van der Waals surface area contributed by atoms with E-state index in [1.165, 1.54) is 0 Å². The van der Waals surface area contributed by atoms with Crippen LogP contribution < -0.4 is 0 Å². The zero-order chi connectivity index (χ0) is 18.3. The number of aliphatic carboxylic acids is 4. The third kappa shape index (κ3) is 22.5. The van der Waals surface area contributed by atoms with Gasteiger partial charge in [0.25, 0.3) is 0 Å². The van der Waals surface area contributed by atoms with Crippen LogP contribution in [0.3, 0.4) is 0 Å². The van der Waals surface area contributed by atoms with E-state index in [1.807, 2.05) is 0 Å². The lowest BCUT2D eigenvalue weighted by atomic mass is 10.2. The zero-order valence-corrected chi connectivity index (χ0v) is 11.6. The summed E-state index contributed by atoms with van der Waals surface area (Å²) in [5.74, 6) is -4.89. The summed E-state index contributed by atoms with van der Waals surface area (Å²) < 4.78 is 0. The van der Waals surface area contributed by atoms with E-state index in [4.69, 9.17) is 30.6 Å². The van der Waals surface area contributed by atoms with Gasteiger partial charge in [-0.05, 0) is 0 Å². The molecule has 0 bridgehead atoms. The van der Waals surface area contributed by atoms with Crippen LogP contribution in [-0.4, -0.2) is 67.7 Å². The van der Waals surface area contributed by atoms with Gasteiger partial charge in [-0.3, -0.25) is 9.59 Å². The lowest BCUT2D eigenvalue weighted by Gasteiger charge is -1.91. The van der Waals surface area contributed by atoms with Crippen molar-refractivity contribution in [1.29, 1.82) is 0 Å². The number of carboxylic acid groups (broad SMARTS) is 4. The summed E-state index contributed by atoms with van der Waals surface area (Å²) in [5, 5.41) is 47.4. The Morgan fingerprint density at radius 2 is 0.864 bits per heavy atom. The molecule has 0 unspecified atom stereocenters. The normalized spacial score (nSPS) is 8.27. The first-order valence-corrected chi connectivity index (χ1v) is 5.46. The molecule has 10 nitrogen and oxygen atoms in total. The average Bonchev–Trinajstić information content (AvgIpc) is 2.38. The van der Waals surface area contributed by atoms with Crippen molar-refractivity contribution in [3.63, 3.8) is 0 Å². The van der Waals surface area contributed by atoms with Crippen LogP contribution >= 0.6 is 0 Å². The Hall–Kier alpha value is -2.72. The van der Waals surface area contributed by atoms with Crippen molar-refractivity contribution in [2.45, 2.75) is 12.8 Å². The van der Waals surface area contributed by atoms with Crippen LogP contribution in [0.25, 0.3) is 0 Å². The summed E-state index contributed by atoms with van der Waals surface area (Å²) in [4.78, 5) is 39.3. The Labute approximate surface area is 125 Å². The molecule has 0 saturated heterocycles. The van der Waals surface area contributed by atoms with Crippen LogP contribution in [0.4, 0.5) is 0 Å². The summed E-state index contributed by atoms with van der Waals surface area (Å²) in [5.41, 5.74) is -0.606. The van der Waals surface area contributed by atoms with Gasteiger partial charge in [0.05, 0.1) is 26.1 Å². The van der Waals surface area contributed by atoms with Gasteiger partial charge < -0.3 is 30.6 Å². The lowest BCUT2D eigenvalue weighted by Crippen LogP contribution is -2.04. The highest BCUT2D eigenvalue weighted by atomic mass is 16.4. The van der Waals surface area contributed by atoms with Crippen LogP contribution in [-0.2, 0) is 19.2 Å². The molecule has 0 aliphatic carbocycles. The minimum Gasteiger partial charge on any atom is -0.481 e. The summed E-state index contributed by atoms with van der Waals surface area (Å²) >= 11 is 0. The maximum Gasteiger partial charge on any atom is 0.331 e. The molecule has 0 fully saturated rings. The number of hydrogen-bond acceptors (Lipinski definition) is 6. The molecule has 0 aliphatic rings. The van der Waals surface area contributed by atoms with Crippen molar-refractivity contribution in [3.8, 4) is 0 Å². The summed E-state index contributed by atoms with van der Waals surface area (Å²) in [6, 6.07) is 0. The summed E-state index contributed by atoms with van der Waals surface area (Å²) in [7, 11) is 0. The highest BCUT2D eigenvalue weighted by Gasteiger charge is 2.07. The second kappa shape index (κ2) is 14.7. The van der Waals surface area contributed by atoms with Crippen molar-refractivity contribution in [1.82, 2.24) is 0 Å². The summed E-state index contributed by atoms with van der Waals surface area (Å²) in [6.07, 6.45) is -1.01. The molecule has 0 aromatic heterocycles. The first-order valence-electron chi connectivity index (χ1n) is 5.46. The second-order valence-corrected chi connectivity index (χ2v) is 3.41. The van der Waals surface area contributed by atoms with Crippen molar-refractivity contribution < 1.29 is 49.8 Å². The quantitative estimate of drug-likeness (QED) is 0.323. The Morgan fingerprint density at radius 3 is 0.909 bits per heavy atom. The van der Waals surface area contributed by atoms with Crippen molar-refractivity contribution in [2.75, 3.05) is 13.2 Å². The van der Waals surface area contributed by atoms with Crippen LogP contribution in [0.1, 0.15) is 12.8 Å². The maximum atomic E-state index is 9.87. The minimum absolute atomic E-state index is 0.125. The first kappa shape index (κ1) is 24.3. The average molecular weight is 322 g/mol. The second-order valence-electron chi connectivity index (χ2n) is 3.41. The number of aliphatic hydroxyl groups is 2. The number of hydrogen-bond donors (Lipinski definition) is 6. The van der Waals surface area contributed by atoms with E-state index in [-0.39, 0.29) is 24.4 Å². The Morgan fingerprint density at radius 1 is 0.636 bits per heavy atom. The van der Waals surface area contributed by atoms with E-state index < -0.39 is 36.7 Å². The smallest absolute Gasteiger partial charge is 0.331 e. The van der Waals surface area contributed by atoms with Gasteiger partial charge in [-0.2, -0.15) is 0 Å². The molecule has 0 saturated carbocycles. The predicted molar refractivity (Wildman–Crippen MR) is 72.2 cm³/mol. The van der Waals surface area contributed by atoms with Crippen molar-refractivity contribution >= 4 is 23.9 Å². The largest absolute Gasteiger partial charge is 0.481 e. The van der Waals surface area contributed by atoms with Crippen LogP contribution in [0.15, 0.2) is 24.3 Å². The van der Waals surface area contributed by atoms with E-state index in [0.717, 1.165) is 0 Å². The molecule has 0 radical (unpaired) electrons. The standard InChI is InChI=1S/2C5H6O4.C2H6O2/c2*1-3(5(8)9)2-4(6)7;3-1-2-4/h2*1-2H2,(H,6,7)(H,8,9);3-4H,1-2H2. The van der Waals surface area contributed by atoms with E-state index in [2.05, 4.69) is 13.2 Å². The van der Waals surface area contributed by atoms with Gasteiger partial charge in [-0.15, -0.1) is 0 Å². The van der Waals surface area contributed by atoms with Crippen molar-refractivity contribution in [2.24, 2.45) is 0 Å². The molecule has 0 aromatic rings. The molecule has 0 amide bonds. The molecule has 0 atom stereocenters. The van der Waals surface area contributed by atoms with E-state index in [0.29, 0.717) is 0 Å². The minimum atomic E-state index is -1.27. The molecule has 126 valence electrons. The monoisotopic (exact) mass is 322 g/mol.